The van der Waals surface area contributed by atoms with Gasteiger partial charge in [-0.2, -0.15) is 0 Å². The van der Waals surface area contributed by atoms with Crippen LogP contribution in [0, 0.1) is 0 Å². The number of ether oxygens (including phenoxy) is 2. The number of nitrogens with zero attached hydrogens (tertiary/aromatic N) is 1. The number of likely N-dealkylation sites (tertiary alicyclic amines) is 1. The van der Waals surface area contributed by atoms with Crippen LogP contribution in [0.25, 0.3) is 0 Å². The van der Waals surface area contributed by atoms with Gasteiger partial charge in [-0.15, -0.1) is 0 Å². The molecule has 7 heteroatoms. The minimum atomic E-state index is -2.14. The molecule has 0 bridgehead atoms. The number of benzene rings is 2. The number of methoxy groups -OCH3 is 1. The van der Waals surface area contributed by atoms with Crippen LogP contribution in [0.1, 0.15) is 31.9 Å². The van der Waals surface area contributed by atoms with Crippen molar-refractivity contribution < 1.29 is 23.8 Å². The fourth-order valence-corrected chi connectivity index (χ4v) is 5.10. The number of carbonyl (C=O) groups excluding carboxylic acids is 1. The van der Waals surface area contributed by atoms with Gasteiger partial charge in [-0.25, -0.2) is 4.79 Å². The predicted octanol–water partition coefficient (Wildman–Crippen LogP) is 5.01. The first-order valence-corrected chi connectivity index (χ1v) is 14.4. The molecule has 33 heavy (non-hydrogen) atoms. The molecule has 0 spiro atoms. The molecule has 1 fully saturated rings. The van der Waals surface area contributed by atoms with Gasteiger partial charge in [-0.3, -0.25) is 4.90 Å². The molecule has 2 aromatic carbocycles. The van der Waals surface area contributed by atoms with Gasteiger partial charge in [0.15, 0.2) is 8.32 Å². The lowest BCUT2D eigenvalue weighted by Gasteiger charge is -2.39. The molecule has 3 atom stereocenters. The fourth-order valence-electron chi connectivity index (χ4n) is 3.78. The zero-order valence-corrected chi connectivity index (χ0v) is 21.6. The molecule has 0 radical (unpaired) electrons. The van der Waals surface area contributed by atoms with Crippen LogP contribution in [0.15, 0.2) is 54.6 Å². The highest BCUT2D eigenvalue weighted by Gasteiger charge is 2.48. The molecule has 180 valence electrons. The molecule has 1 aliphatic rings. The van der Waals surface area contributed by atoms with E-state index in [-0.39, 0.29) is 11.6 Å². The van der Waals surface area contributed by atoms with Gasteiger partial charge in [-0.1, -0.05) is 63.2 Å². The Morgan fingerprint density at radius 3 is 2.27 bits per heavy atom. The molecule has 3 rings (SSSR count). The summed E-state index contributed by atoms with van der Waals surface area (Å²) in [5, 5.41) is 11.3. The maximum atomic E-state index is 13.1. The number of hydrogen-bond donors (Lipinski definition) is 1. The number of hydrogen-bond acceptors (Lipinski definition) is 5. The second kappa shape index (κ2) is 10.3. The summed E-state index contributed by atoms with van der Waals surface area (Å²) < 4.78 is 17.4. The molecule has 0 saturated carbocycles. The summed E-state index contributed by atoms with van der Waals surface area (Å²) in [5.41, 5.74) is 1.93. The van der Waals surface area contributed by atoms with Gasteiger partial charge in [-0.05, 0) is 47.8 Å². The number of aliphatic hydroxyl groups excluding tert-OH is 1. The van der Waals surface area contributed by atoms with E-state index in [9.17, 15) is 9.90 Å². The lowest BCUT2D eigenvalue weighted by Crippen LogP contribution is -2.47. The lowest BCUT2D eigenvalue weighted by atomic mass is 10.0. The van der Waals surface area contributed by atoms with Crippen molar-refractivity contribution >= 4 is 14.4 Å². The monoisotopic (exact) mass is 471 g/mol. The normalized spacial score (nSPS) is 21.2. The Bertz CT molecular complexity index is 911. The van der Waals surface area contributed by atoms with E-state index in [2.05, 4.69) is 33.9 Å². The summed E-state index contributed by atoms with van der Waals surface area (Å²) in [6, 6.07) is 16.9. The fraction of sp³-hybridized carbons (Fsp3) is 0.500. The first-order valence-electron chi connectivity index (χ1n) is 11.5. The van der Waals surface area contributed by atoms with E-state index >= 15 is 0 Å². The first kappa shape index (κ1) is 25.3. The highest BCUT2D eigenvalue weighted by Crippen LogP contribution is 2.39. The summed E-state index contributed by atoms with van der Waals surface area (Å²) in [5.74, 6) is 0.768. The Labute approximate surface area is 198 Å². The minimum absolute atomic E-state index is 0.000557. The van der Waals surface area contributed by atoms with Crippen LogP contribution in [0.2, 0.25) is 18.1 Å². The number of rotatable bonds is 7. The molecule has 6 nitrogen and oxygen atoms in total. The largest absolute Gasteiger partial charge is 0.497 e. The molecular weight excluding hydrogens is 434 g/mol. The third-order valence-corrected chi connectivity index (χ3v) is 11.4. The van der Waals surface area contributed by atoms with Gasteiger partial charge in [0.25, 0.3) is 0 Å². The number of amides is 1. The van der Waals surface area contributed by atoms with E-state index in [1.807, 2.05) is 54.6 Å². The Morgan fingerprint density at radius 1 is 1.06 bits per heavy atom. The molecule has 0 aliphatic carbocycles. The van der Waals surface area contributed by atoms with Crippen LogP contribution in [-0.2, 0) is 22.2 Å². The third-order valence-electron chi connectivity index (χ3n) is 6.85. The van der Waals surface area contributed by atoms with Crippen LogP contribution >= 0.6 is 0 Å². The van der Waals surface area contributed by atoms with Gasteiger partial charge in [0.05, 0.1) is 25.8 Å². The summed E-state index contributed by atoms with van der Waals surface area (Å²) in [6.07, 6.45) is -1.18. The second-order valence-electron chi connectivity index (χ2n) is 10.2. The van der Waals surface area contributed by atoms with Crippen LogP contribution in [0.4, 0.5) is 4.79 Å². The summed E-state index contributed by atoms with van der Waals surface area (Å²) >= 11 is 0. The van der Waals surface area contributed by atoms with Gasteiger partial charge in [0.2, 0.25) is 0 Å². The molecular formula is C26H37NO5Si. The van der Waals surface area contributed by atoms with Crippen molar-refractivity contribution in [2.24, 2.45) is 0 Å². The lowest BCUT2D eigenvalue weighted by molar-refractivity contribution is 0.0414. The molecule has 0 aromatic heterocycles. The van der Waals surface area contributed by atoms with Crippen molar-refractivity contribution in [2.75, 3.05) is 13.7 Å². The van der Waals surface area contributed by atoms with Crippen molar-refractivity contribution in [3.8, 4) is 5.75 Å². The zero-order valence-electron chi connectivity index (χ0n) is 20.6. The smallest absolute Gasteiger partial charge is 0.410 e. The van der Waals surface area contributed by atoms with Gasteiger partial charge < -0.3 is 19.0 Å². The van der Waals surface area contributed by atoms with Crippen molar-refractivity contribution in [3.63, 3.8) is 0 Å². The maximum Gasteiger partial charge on any atom is 0.410 e. The SMILES string of the molecule is COc1ccc(C[C@@H]2[C@H](O)[C@@H](O[Si](C)(C)C(C)(C)C)CN2C(=O)OCc2ccccc2)cc1. The quantitative estimate of drug-likeness (QED) is 0.575. The highest BCUT2D eigenvalue weighted by atomic mass is 28.4. The van der Waals surface area contributed by atoms with Crippen LogP contribution in [-0.4, -0.2) is 56.3 Å². The van der Waals surface area contributed by atoms with Crippen LogP contribution in [0.3, 0.4) is 0 Å². The van der Waals surface area contributed by atoms with Crippen molar-refractivity contribution in [2.45, 2.75) is 70.2 Å². The first-order chi connectivity index (χ1) is 15.5. The van der Waals surface area contributed by atoms with E-state index in [4.69, 9.17) is 13.9 Å². The maximum absolute atomic E-state index is 13.1. The van der Waals surface area contributed by atoms with Gasteiger partial charge in [0.1, 0.15) is 18.5 Å². The Balaban J connectivity index is 1.78. The Kier molecular flexibility index (Phi) is 7.87. The minimum Gasteiger partial charge on any atom is -0.497 e. The van der Waals surface area contributed by atoms with Gasteiger partial charge in [0, 0.05) is 0 Å². The standard InChI is InChI=1S/C26H37NO5Si/c1-26(2,3)33(5,6)32-23-17-27(25(29)31-18-20-10-8-7-9-11-20)22(24(23)28)16-19-12-14-21(30-4)15-13-19/h7-15,22-24,28H,16-18H2,1-6H3/t22-,23+,24+/m1/s1. The summed E-state index contributed by atoms with van der Waals surface area (Å²) in [4.78, 5) is 14.7. The molecule has 1 heterocycles. The van der Waals surface area contributed by atoms with E-state index in [1.54, 1.807) is 12.0 Å². The Hall–Kier alpha value is -2.35. The van der Waals surface area contributed by atoms with E-state index < -0.39 is 32.7 Å². The molecule has 1 amide bonds. The average Bonchev–Trinajstić information content (AvgIpc) is 3.07. The van der Waals surface area contributed by atoms with Crippen molar-refractivity contribution in [1.29, 1.82) is 0 Å². The zero-order chi connectivity index (χ0) is 24.2. The second-order valence-corrected chi connectivity index (χ2v) is 15.0. The molecule has 2 aromatic rings. The third kappa shape index (κ3) is 6.16. The summed E-state index contributed by atoms with van der Waals surface area (Å²) in [6.45, 7) is 11.3. The molecule has 1 saturated heterocycles. The van der Waals surface area contributed by atoms with Crippen molar-refractivity contribution in [1.82, 2.24) is 4.90 Å². The van der Waals surface area contributed by atoms with Crippen molar-refractivity contribution in [3.05, 3.63) is 65.7 Å². The van der Waals surface area contributed by atoms with E-state index in [1.165, 1.54) is 0 Å². The van der Waals surface area contributed by atoms with Crippen LogP contribution in [0.5, 0.6) is 5.75 Å². The average molecular weight is 472 g/mol. The topological polar surface area (TPSA) is 68.2 Å². The van der Waals surface area contributed by atoms with E-state index in [0.717, 1.165) is 16.9 Å². The highest BCUT2D eigenvalue weighted by molar-refractivity contribution is 6.74. The predicted molar refractivity (Wildman–Crippen MR) is 132 cm³/mol. The number of carbonyl (C=O) groups is 1. The summed E-state index contributed by atoms with van der Waals surface area (Å²) in [7, 11) is -0.509. The number of aliphatic hydroxyl groups is 1. The molecule has 1 aliphatic heterocycles. The Morgan fingerprint density at radius 2 is 1.70 bits per heavy atom. The van der Waals surface area contributed by atoms with E-state index in [0.29, 0.717) is 13.0 Å². The van der Waals surface area contributed by atoms with Gasteiger partial charge >= 0.3 is 6.09 Å². The molecule has 0 unspecified atom stereocenters. The molecule has 1 N–H and O–H groups in total. The van der Waals surface area contributed by atoms with Crippen LogP contribution < -0.4 is 4.74 Å².